The van der Waals surface area contributed by atoms with Crippen molar-refractivity contribution in [2.45, 2.75) is 51.7 Å². The van der Waals surface area contributed by atoms with Crippen LogP contribution in [-0.2, 0) is 10.3 Å². The first-order valence-electron chi connectivity index (χ1n) is 6.57. The maximum atomic E-state index is 14.2. The zero-order chi connectivity index (χ0) is 13.3. The van der Waals surface area contributed by atoms with Gasteiger partial charge in [-0.25, -0.2) is 4.39 Å². The normalized spacial score (nSPS) is 28.4. The monoisotopic (exact) mass is 252 g/mol. The van der Waals surface area contributed by atoms with Crippen molar-refractivity contribution in [2.75, 3.05) is 6.61 Å². The number of benzene rings is 1. The summed E-state index contributed by atoms with van der Waals surface area (Å²) >= 11 is 0. The lowest BCUT2D eigenvalue weighted by molar-refractivity contribution is -0.110. The molecule has 1 N–H and O–H groups in total. The summed E-state index contributed by atoms with van der Waals surface area (Å²) in [7, 11) is 0. The van der Waals surface area contributed by atoms with E-state index in [9.17, 15) is 9.50 Å². The van der Waals surface area contributed by atoms with Gasteiger partial charge in [-0.2, -0.15) is 0 Å². The molecule has 1 aliphatic rings. The average Bonchev–Trinajstić information content (AvgIpc) is 2.27. The zero-order valence-electron chi connectivity index (χ0n) is 11.3. The Morgan fingerprint density at radius 2 is 2.17 bits per heavy atom. The lowest BCUT2D eigenvalue weighted by Crippen LogP contribution is -2.39. The Morgan fingerprint density at radius 3 is 2.78 bits per heavy atom. The molecule has 0 amide bonds. The number of ether oxygens (including phenoxy) is 1. The third-order valence-electron chi connectivity index (χ3n) is 3.79. The second-order valence-corrected chi connectivity index (χ2v) is 5.33. The van der Waals surface area contributed by atoms with Crippen molar-refractivity contribution >= 4 is 0 Å². The Kier molecular flexibility index (Phi) is 3.74. The summed E-state index contributed by atoms with van der Waals surface area (Å²) in [6.45, 7) is 6.24. The second-order valence-electron chi connectivity index (χ2n) is 5.33. The molecular formula is C15H21FO2. The minimum Gasteiger partial charge on any atom is -0.385 e. The molecule has 1 aromatic carbocycles. The molecule has 2 rings (SSSR count). The fraction of sp³-hybridized carbons (Fsp3) is 0.600. The highest BCUT2D eigenvalue weighted by Crippen LogP contribution is 2.38. The van der Waals surface area contributed by atoms with Crippen molar-refractivity contribution in [3.8, 4) is 0 Å². The van der Waals surface area contributed by atoms with Gasteiger partial charge in [-0.1, -0.05) is 13.0 Å². The standard InChI is InChI=1S/C15H21FO2/c1-4-12-9-15(17,5-6-18-12)14-11(3)7-10(2)8-13(14)16/h7-8,12,17H,4-6,9H2,1-3H3. The number of hydrogen-bond acceptors (Lipinski definition) is 2. The predicted molar refractivity (Wildman–Crippen MR) is 69.0 cm³/mol. The fourth-order valence-corrected chi connectivity index (χ4v) is 2.93. The van der Waals surface area contributed by atoms with Crippen LogP contribution in [-0.4, -0.2) is 17.8 Å². The first kappa shape index (κ1) is 13.5. The smallest absolute Gasteiger partial charge is 0.129 e. The Labute approximate surface area is 108 Å². The third-order valence-corrected chi connectivity index (χ3v) is 3.79. The van der Waals surface area contributed by atoms with Crippen molar-refractivity contribution in [1.29, 1.82) is 0 Å². The first-order valence-corrected chi connectivity index (χ1v) is 6.57. The number of aryl methyl sites for hydroxylation is 2. The van der Waals surface area contributed by atoms with E-state index >= 15 is 0 Å². The molecule has 1 aromatic rings. The molecule has 0 saturated carbocycles. The van der Waals surface area contributed by atoms with Crippen LogP contribution in [0.5, 0.6) is 0 Å². The average molecular weight is 252 g/mol. The fourth-order valence-electron chi connectivity index (χ4n) is 2.93. The van der Waals surface area contributed by atoms with Crippen LogP contribution in [0.3, 0.4) is 0 Å². The molecule has 2 nitrogen and oxygen atoms in total. The lowest BCUT2D eigenvalue weighted by Gasteiger charge is -2.38. The van der Waals surface area contributed by atoms with Gasteiger partial charge in [0.15, 0.2) is 0 Å². The van der Waals surface area contributed by atoms with Crippen LogP contribution in [0, 0.1) is 19.7 Å². The Hall–Kier alpha value is -0.930. The molecule has 0 spiro atoms. The third kappa shape index (κ3) is 2.43. The molecule has 1 saturated heterocycles. The van der Waals surface area contributed by atoms with Gasteiger partial charge < -0.3 is 9.84 Å². The molecule has 100 valence electrons. The van der Waals surface area contributed by atoms with Crippen LogP contribution < -0.4 is 0 Å². The number of halogens is 1. The molecule has 2 atom stereocenters. The van der Waals surface area contributed by atoms with Crippen molar-refractivity contribution in [3.05, 3.63) is 34.6 Å². The van der Waals surface area contributed by atoms with E-state index in [4.69, 9.17) is 4.74 Å². The van der Waals surface area contributed by atoms with E-state index < -0.39 is 5.60 Å². The maximum Gasteiger partial charge on any atom is 0.129 e. The molecule has 0 aromatic heterocycles. The van der Waals surface area contributed by atoms with Gasteiger partial charge in [0.1, 0.15) is 5.82 Å². The first-order chi connectivity index (χ1) is 8.46. The summed E-state index contributed by atoms with van der Waals surface area (Å²) in [6, 6.07) is 3.42. The Morgan fingerprint density at radius 1 is 1.44 bits per heavy atom. The topological polar surface area (TPSA) is 29.5 Å². The van der Waals surface area contributed by atoms with Gasteiger partial charge in [-0.05, 0) is 37.5 Å². The van der Waals surface area contributed by atoms with Crippen LogP contribution in [0.2, 0.25) is 0 Å². The Bertz CT molecular complexity index is 421. The van der Waals surface area contributed by atoms with Gasteiger partial charge in [0.25, 0.3) is 0 Å². The van der Waals surface area contributed by atoms with Crippen LogP contribution in [0.25, 0.3) is 0 Å². The van der Waals surface area contributed by atoms with Crippen LogP contribution in [0.4, 0.5) is 4.39 Å². The minimum atomic E-state index is -1.08. The van der Waals surface area contributed by atoms with E-state index in [1.165, 1.54) is 6.07 Å². The number of aliphatic hydroxyl groups is 1. The summed E-state index contributed by atoms with van der Waals surface area (Å²) in [4.78, 5) is 0. The van der Waals surface area contributed by atoms with Crippen LogP contribution >= 0.6 is 0 Å². The summed E-state index contributed by atoms with van der Waals surface area (Å²) in [5, 5.41) is 10.8. The van der Waals surface area contributed by atoms with Crippen molar-refractivity contribution in [1.82, 2.24) is 0 Å². The molecule has 2 unspecified atom stereocenters. The SMILES string of the molecule is CCC1CC(O)(c2c(C)cc(C)cc2F)CCO1. The summed E-state index contributed by atoms with van der Waals surface area (Å²) in [5.41, 5.74) is 1.08. The molecule has 18 heavy (non-hydrogen) atoms. The van der Waals surface area contributed by atoms with Crippen molar-refractivity contribution in [3.63, 3.8) is 0 Å². The van der Waals surface area contributed by atoms with Crippen molar-refractivity contribution in [2.24, 2.45) is 0 Å². The molecule has 1 aliphatic heterocycles. The minimum absolute atomic E-state index is 0.0175. The summed E-state index contributed by atoms with van der Waals surface area (Å²) < 4.78 is 19.7. The van der Waals surface area contributed by atoms with E-state index in [1.807, 2.05) is 26.8 Å². The number of rotatable bonds is 2. The van der Waals surface area contributed by atoms with Gasteiger partial charge in [-0.15, -0.1) is 0 Å². The zero-order valence-corrected chi connectivity index (χ0v) is 11.3. The van der Waals surface area contributed by atoms with Gasteiger partial charge in [0.2, 0.25) is 0 Å². The lowest BCUT2D eigenvalue weighted by atomic mass is 9.80. The van der Waals surface area contributed by atoms with Crippen LogP contribution in [0.15, 0.2) is 12.1 Å². The molecule has 1 heterocycles. The second kappa shape index (κ2) is 4.98. The molecule has 1 fully saturated rings. The van der Waals surface area contributed by atoms with E-state index in [1.54, 1.807) is 0 Å². The number of hydrogen-bond donors (Lipinski definition) is 1. The highest BCUT2D eigenvalue weighted by atomic mass is 19.1. The van der Waals surface area contributed by atoms with E-state index in [0.717, 1.165) is 17.5 Å². The van der Waals surface area contributed by atoms with E-state index in [0.29, 0.717) is 25.0 Å². The van der Waals surface area contributed by atoms with Crippen LogP contribution in [0.1, 0.15) is 42.9 Å². The van der Waals surface area contributed by atoms with Gasteiger partial charge in [0, 0.05) is 18.4 Å². The maximum absolute atomic E-state index is 14.2. The molecule has 0 radical (unpaired) electrons. The highest BCUT2D eigenvalue weighted by Gasteiger charge is 2.39. The van der Waals surface area contributed by atoms with E-state index in [-0.39, 0.29) is 11.9 Å². The largest absolute Gasteiger partial charge is 0.385 e. The molecule has 3 heteroatoms. The molecule has 0 bridgehead atoms. The van der Waals surface area contributed by atoms with Gasteiger partial charge in [-0.3, -0.25) is 0 Å². The van der Waals surface area contributed by atoms with Gasteiger partial charge in [0.05, 0.1) is 18.3 Å². The highest BCUT2D eigenvalue weighted by molar-refractivity contribution is 5.36. The molecule has 0 aliphatic carbocycles. The molecular weight excluding hydrogens is 231 g/mol. The summed E-state index contributed by atoms with van der Waals surface area (Å²) in [5.74, 6) is -0.299. The van der Waals surface area contributed by atoms with Crippen molar-refractivity contribution < 1.29 is 14.2 Å². The van der Waals surface area contributed by atoms with Gasteiger partial charge >= 0.3 is 0 Å². The quantitative estimate of drug-likeness (QED) is 0.875. The Balaban J connectivity index is 2.40. The predicted octanol–water partition coefficient (Wildman–Crippen LogP) is 3.22. The van der Waals surface area contributed by atoms with E-state index in [2.05, 4.69) is 0 Å². The summed E-state index contributed by atoms with van der Waals surface area (Å²) in [6.07, 6.45) is 1.80.